The van der Waals surface area contributed by atoms with Gasteiger partial charge in [0.15, 0.2) is 11.5 Å². The molecule has 2 heterocycles. The second-order valence-electron chi connectivity index (χ2n) is 6.91. The van der Waals surface area contributed by atoms with E-state index in [4.69, 9.17) is 24.1 Å². The lowest BCUT2D eigenvalue weighted by Crippen LogP contribution is -2.18. The third-order valence-corrected chi connectivity index (χ3v) is 5.69. The van der Waals surface area contributed by atoms with Crippen LogP contribution in [0.15, 0.2) is 40.9 Å². The highest BCUT2D eigenvalue weighted by atomic mass is 32.2. The van der Waals surface area contributed by atoms with Gasteiger partial charge in [-0.25, -0.2) is 0 Å². The lowest BCUT2D eigenvalue weighted by Gasteiger charge is -2.24. The van der Waals surface area contributed by atoms with Gasteiger partial charge in [-0.1, -0.05) is 29.4 Å². The van der Waals surface area contributed by atoms with Crippen molar-refractivity contribution in [1.29, 1.82) is 5.41 Å². The maximum absolute atomic E-state index is 8.55. The highest BCUT2D eigenvalue weighted by molar-refractivity contribution is 8.13. The molecule has 0 radical (unpaired) electrons. The van der Waals surface area contributed by atoms with Gasteiger partial charge in [0, 0.05) is 18.4 Å². The van der Waals surface area contributed by atoms with E-state index in [0.717, 1.165) is 16.7 Å². The minimum atomic E-state index is -0.122. The van der Waals surface area contributed by atoms with E-state index in [2.05, 4.69) is 10.1 Å². The summed E-state index contributed by atoms with van der Waals surface area (Å²) in [6.07, 6.45) is 2.60. The molecule has 0 spiro atoms. The van der Waals surface area contributed by atoms with Crippen molar-refractivity contribution < 1.29 is 18.7 Å². The van der Waals surface area contributed by atoms with Crippen LogP contribution >= 0.6 is 11.8 Å². The predicted molar refractivity (Wildman–Crippen MR) is 116 cm³/mol. The zero-order chi connectivity index (χ0) is 21.1. The summed E-state index contributed by atoms with van der Waals surface area (Å²) in [4.78, 5) is 4.27. The van der Waals surface area contributed by atoms with Gasteiger partial charge < -0.3 is 18.7 Å². The van der Waals surface area contributed by atoms with Crippen LogP contribution in [0.4, 0.5) is 0 Å². The van der Waals surface area contributed by atoms with E-state index >= 15 is 0 Å². The standard InChI is InChI=1S/C22H23N3O4S/c1-13-24-22(25-29-13)15-6-4-14(5-7-15)10-17(21(23)30-3)16-11-18(26-2)20-19(12-16)27-8-9-28-20/h4-7,11-12,17,23H,8-10H2,1-3H3. The van der Waals surface area contributed by atoms with Crippen LogP contribution in [-0.2, 0) is 6.42 Å². The molecule has 7 nitrogen and oxygen atoms in total. The lowest BCUT2D eigenvalue weighted by molar-refractivity contribution is 0.165. The van der Waals surface area contributed by atoms with E-state index in [9.17, 15) is 0 Å². The number of hydrogen-bond donors (Lipinski definition) is 1. The Balaban J connectivity index is 1.63. The number of fused-ring (bicyclic) bond motifs is 1. The molecule has 30 heavy (non-hydrogen) atoms. The molecule has 0 saturated heterocycles. The fourth-order valence-electron chi connectivity index (χ4n) is 3.44. The average Bonchev–Trinajstić information content (AvgIpc) is 3.22. The molecule has 4 rings (SSSR count). The van der Waals surface area contributed by atoms with Crippen LogP contribution in [0.2, 0.25) is 0 Å². The summed E-state index contributed by atoms with van der Waals surface area (Å²) in [6.45, 7) is 2.77. The van der Waals surface area contributed by atoms with Crippen molar-refractivity contribution in [3.8, 4) is 28.6 Å². The van der Waals surface area contributed by atoms with Gasteiger partial charge in [-0.2, -0.15) is 4.98 Å². The molecule has 156 valence electrons. The van der Waals surface area contributed by atoms with Crippen LogP contribution in [0, 0.1) is 12.3 Å². The summed E-state index contributed by atoms with van der Waals surface area (Å²) in [6, 6.07) is 11.9. The summed E-state index contributed by atoms with van der Waals surface area (Å²) < 4.78 is 22.1. The van der Waals surface area contributed by atoms with Crippen LogP contribution in [0.5, 0.6) is 17.2 Å². The molecule has 0 saturated carbocycles. The first kappa shape index (κ1) is 20.3. The minimum absolute atomic E-state index is 0.122. The Bertz CT molecular complexity index is 1030. The normalized spacial score (nSPS) is 13.7. The summed E-state index contributed by atoms with van der Waals surface area (Å²) in [5, 5.41) is 13.1. The van der Waals surface area contributed by atoms with Crippen LogP contribution in [0.1, 0.15) is 22.9 Å². The Morgan fingerprint density at radius 1 is 1.20 bits per heavy atom. The van der Waals surface area contributed by atoms with E-state index < -0.39 is 0 Å². The molecule has 0 fully saturated rings. The van der Waals surface area contributed by atoms with Crippen molar-refractivity contribution in [3.63, 3.8) is 0 Å². The molecule has 0 bridgehead atoms. The van der Waals surface area contributed by atoms with E-state index in [1.54, 1.807) is 14.0 Å². The molecular formula is C22H23N3O4S. The van der Waals surface area contributed by atoms with Gasteiger partial charge in [-0.15, -0.1) is 11.8 Å². The average molecular weight is 426 g/mol. The van der Waals surface area contributed by atoms with Gasteiger partial charge in [0.1, 0.15) is 13.2 Å². The van der Waals surface area contributed by atoms with Gasteiger partial charge >= 0.3 is 0 Å². The van der Waals surface area contributed by atoms with Gasteiger partial charge in [0.2, 0.25) is 17.5 Å². The number of nitrogens with zero attached hydrogens (tertiary/aromatic N) is 2. The first-order valence-electron chi connectivity index (χ1n) is 9.58. The van der Waals surface area contributed by atoms with Crippen LogP contribution in [0.3, 0.4) is 0 Å². The number of thioether (sulfide) groups is 1. The Labute approximate surface area is 179 Å². The molecule has 0 amide bonds. The molecule has 1 N–H and O–H groups in total. The SMILES string of the molecule is COc1cc(C(Cc2ccc(-c3noc(C)n3)cc2)C(=N)SC)cc2c1OCCO2. The molecule has 1 aliphatic heterocycles. The number of rotatable bonds is 6. The molecule has 1 atom stereocenters. The maximum atomic E-state index is 8.55. The van der Waals surface area contributed by atoms with E-state index in [0.29, 0.717) is 53.6 Å². The third kappa shape index (κ3) is 4.14. The summed E-state index contributed by atoms with van der Waals surface area (Å²) in [5.41, 5.74) is 2.97. The molecular weight excluding hydrogens is 402 g/mol. The zero-order valence-corrected chi connectivity index (χ0v) is 17.9. The Kier molecular flexibility index (Phi) is 5.94. The van der Waals surface area contributed by atoms with Crippen LogP contribution in [0.25, 0.3) is 11.4 Å². The Morgan fingerprint density at radius 3 is 2.63 bits per heavy atom. The number of benzene rings is 2. The predicted octanol–water partition coefficient (Wildman–Crippen LogP) is 4.49. The maximum Gasteiger partial charge on any atom is 0.223 e. The third-order valence-electron chi connectivity index (χ3n) is 4.97. The van der Waals surface area contributed by atoms with Gasteiger partial charge in [0.25, 0.3) is 0 Å². The van der Waals surface area contributed by atoms with Crippen molar-refractivity contribution in [1.82, 2.24) is 10.1 Å². The number of aromatic nitrogens is 2. The van der Waals surface area contributed by atoms with Crippen LogP contribution in [-0.4, -0.2) is 41.8 Å². The van der Waals surface area contributed by atoms with Crippen molar-refractivity contribution >= 4 is 16.8 Å². The van der Waals surface area contributed by atoms with Gasteiger partial charge in [-0.3, -0.25) is 5.41 Å². The smallest absolute Gasteiger partial charge is 0.223 e. The van der Waals surface area contributed by atoms with Crippen molar-refractivity contribution in [2.24, 2.45) is 0 Å². The highest BCUT2D eigenvalue weighted by Gasteiger charge is 2.24. The largest absolute Gasteiger partial charge is 0.493 e. The van der Waals surface area contributed by atoms with Crippen molar-refractivity contribution in [3.05, 3.63) is 53.4 Å². The minimum Gasteiger partial charge on any atom is -0.493 e. The summed E-state index contributed by atoms with van der Waals surface area (Å²) in [7, 11) is 1.62. The second kappa shape index (κ2) is 8.79. The van der Waals surface area contributed by atoms with Crippen molar-refractivity contribution in [2.75, 3.05) is 26.6 Å². The van der Waals surface area contributed by atoms with Crippen molar-refractivity contribution in [2.45, 2.75) is 19.3 Å². The summed E-state index contributed by atoms with van der Waals surface area (Å²) in [5.74, 6) is 2.91. The number of methoxy groups -OCH3 is 1. The monoisotopic (exact) mass is 425 g/mol. The zero-order valence-electron chi connectivity index (χ0n) is 17.1. The number of ether oxygens (including phenoxy) is 3. The van der Waals surface area contributed by atoms with E-state index in [1.807, 2.05) is 42.7 Å². The first-order valence-corrected chi connectivity index (χ1v) is 10.8. The molecule has 8 heteroatoms. The number of hydrogen-bond acceptors (Lipinski definition) is 8. The second-order valence-corrected chi connectivity index (χ2v) is 7.75. The molecule has 1 unspecified atom stereocenters. The quantitative estimate of drug-likeness (QED) is 0.459. The fourth-order valence-corrected chi connectivity index (χ4v) is 3.94. The molecule has 1 aliphatic rings. The Morgan fingerprint density at radius 2 is 1.97 bits per heavy atom. The summed E-state index contributed by atoms with van der Waals surface area (Å²) >= 11 is 1.44. The molecule has 3 aromatic rings. The number of aryl methyl sites for hydroxylation is 1. The fraction of sp³-hybridized carbons (Fsp3) is 0.318. The lowest BCUT2D eigenvalue weighted by atomic mass is 9.91. The van der Waals surface area contributed by atoms with E-state index in [-0.39, 0.29) is 5.92 Å². The van der Waals surface area contributed by atoms with Crippen LogP contribution < -0.4 is 14.2 Å². The first-order chi connectivity index (χ1) is 14.6. The topological polar surface area (TPSA) is 90.5 Å². The number of nitrogens with one attached hydrogen (secondary N) is 1. The molecule has 2 aromatic carbocycles. The van der Waals surface area contributed by atoms with Gasteiger partial charge in [-0.05, 0) is 35.9 Å². The van der Waals surface area contributed by atoms with E-state index in [1.165, 1.54) is 11.8 Å². The highest BCUT2D eigenvalue weighted by Crippen LogP contribution is 2.43. The Hall–Kier alpha value is -3.00. The molecule has 1 aromatic heterocycles. The van der Waals surface area contributed by atoms with Gasteiger partial charge in [0.05, 0.1) is 12.2 Å². The molecule has 0 aliphatic carbocycles.